The SMILES string of the molecule is CCN(CC)C(=O)C(=O)NCc1ccc(S(=O)(=O)N2CCOCC2)cc1. The summed E-state index contributed by atoms with van der Waals surface area (Å²) in [6.07, 6.45) is 0. The summed E-state index contributed by atoms with van der Waals surface area (Å²) in [5, 5.41) is 2.56. The number of hydrogen-bond acceptors (Lipinski definition) is 5. The van der Waals surface area contributed by atoms with E-state index in [9.17, 15) is 18.0 Å². The van der Waals surface area contributed by atoms with Gasteiger partial charge in [-0.05, 0) is 31.5 Å². The van der Waals surface area contributed by atoms with Gasteiger partial charge in [0.25, 0.3) is 0 Å². The fourth-order valence-electron chi connectivity index (χ4n) is 2.63. The van der Waals surface area contributed by atoms with Gasteiger partial charge in [-0.15, -0.1) is 0 Å². The van der Waals surface area contributed by atoms with Crippen LogP contribution in [0.3, 0.4) is 0 Å². The number of sulfonamides is 1. The van der Waals surface area contributed by atoms with E-state index in [1.54, 1.807) is 12.1 Å². The van der Waals surface area contributed by atoms with E-state index >= 15 is 0 Å². The van der Waals surface area contributed by atoms with E-state index in [-0.39, 0.29) is 11.4 Å². The Balaban J connectivity index is 1.97. The van der Waals surface area contributed by atoms with Crippen molar-refractivity contribution in [1.82, 2.24) is 14.5 Å². The topological polar surface area (TPSA) is 96.0 Å². The maximum absolute atomic E-state index is 12.5. The molecule has 0 radical (unpaired) electrons. The maximum atomic E-state index is 12.5. The molecule has 1 aromatic carbocycles. The van der Waals surface area contributed by atoms with Gasteiger partial charge in [-0.1, -0.05) is 12.1 Å². The number of ether oxygens (including phenoxy) is 1. The van der Waals surface area contributed by atoms with Crippen LogP contribution < -0.4 is 5.32 Å². The molecule has 0 aliphatic carbocycles. The summed E-state index contributed by atoms with van der Waals surface area (Å²) >= 11 is 0. The molecule has 144 valence electrons. The number of morpholine rings is 1. The molecule has 1 aliphatic heterocycles. The third kappa shape index (κ3) is 4.80. The lowest BCUT2D eigenvalue weighted by Crippen LogP contribution is -2.42. The molecule has 1 N–H and O–H groups in total. The highest BCUT2D eigenvalue weighted by molar-refractivity contribution is 7.89. The average Bonchev–Trinajstić information content (AvgIpc) is 2.68. The average molecular weight is 383 g/mol. The number of likely N-dealkylation sites (N-methyl/N-ethyl adjacent to an activating group) is 1. The Labute approximate surface area is 154 Å². The lowest BCUT2D eigenvalue weighted by atomic mass is 10.2. The molecule has 0 bridgehead atoms. The van der Waals surface area contributed by atoms with Gasteiger partial charge in [-0.2, -0.15) is 4.31 Å². The second-order valence-electron chi connectivity index (χ2n) is 5.82. The van der Waals surface area contributed by atoms with E-state index in [1.165, 1.54) is 21.3 Å². The van der Waals surface area contributed by atoms with E-state index in [4.69, 9.17) is 4.74 Å². The van der Waals surface area contributed by atoms with Crippen LogP contribution in [0.15, 0.2) is 29.2 Å². The molecule has 2 rings (SSSR count). The maximum Gasteiger partial charge on any atom is 0.311 e. The van der Waals surface area contributed by atoms with Gasteiger partial charge in [-0.3, -0.25) is 9.59 Å². The second-order valence-corrected chi connectivity index (χ2v) is 7.76. The van der Waals surface area contributed by atoms with E-state index in [0.717, 1.165) is 0 Å². The first-order valence-corrected chi connectivity index (χ1v) is 10.1. The molecule has 0 unspecified atom stereocenters. The summed E-state index contributed by atoms with van der Waals surface area (Å²) in [6.45, 7) is 6.18. The number of nitrogens with zero attached hydrogens (tertiary/aromatic N) is 2. The number of nitrogens with one attached hydrogen (secondary N) is 1. The first-order valence-electron chi connectivity index (χ1n) is 8.64. The summed E-state index contributed by atoms with van der Waals surface area (Å²) in [7, 11) is -3.54. The Morgan fingerprint density at radius 1 is 1.12 bits per heavy atom. The zero-order chi connectivity index (χ0) is 19.2. The van der Waals surface area contributed by atoms with Crippen LogP contribution in [-0.4, -0.2) is 68.8 Å². The molecule has 2 amide bonds. The van der Waals surface area contributed by atoms with Crippen LogP contribution >= 0.6 is 0 Å². The zero-order valence-corrected chi connectivity index (χ0v) is 15.9. The Kier molecular flexibility index (Phi) is 7.13. The van der Waals surface area contributed by atoms with Crippen LogP contribution in [0.2, 0.25) is 0 Å². The van der Waals surface area contributed by atoms with Gasteiger partial charge in [0.15, 0.2) is 0 Å². The van der Waals surface area contributed by atoms with E-state index in [0.29, 0.717) is 45.0 Å². The highest BCUT2D eigenvalue weighted by Gasteiger charge is 2.26. The molecule has 26 heavy (non-hydrogen) atoms. The summed E-state index contributed by atoms with van der Waals surface area (Å²) in [5.41, 5.74) is 0.714. The molecule has 0 aromatic heterocycles. The van der Waals surface area contributed by atoms with E-state index in [1.807, 2.05) is 13.8 Å². The van der Waals surface area contributed by atoms with Crippen molar-refractivity contribution < 1.29 is 22.7 Å². The lowest BCUT2D eigenvalue weighted by molar-refractivity contribution is -0.145. The Morgan fingerprint density at radius 2 is 1.69 bits per heavy atom. The molecule has 1 saturated heterocycles. The van der Waals surface area contributed by atoms with Crippen molar-refractivity contribution in [1.29, 1.82) is 0 Å². The smallest absolute Gasteiger partial charge is 0.311 e. The molecule has 1 fully saturated rings. The van der Waals surface area contributed by atoms with Gasteiger partial charge in [-0.25, -0.2) is 8.42 Å². The monoisotopic (exact) mass is 383 g/mol. The van der Waals surface area contributed by atoms with Gasteiger partial charge in [0.2, 0.25) is 10.0 Å². The third-order valence-electron chi connectivity index (χ3n) is 4.23. The fourth-order valence-corrected chi connectivity index (χ4v) is 4.04. The van der Waals surface area contributed by atoms with Gasteiger partial charge < -0.3 is 15.0 Å². The standard InChI is InChI=1S/C17H25N3O5S/c1-3-19(4-2)17(22)16(21)18-13-14-5-7-15(8-6-14)26(23,24)20-9-11-25-12-10-20/h5-8H,3-4,9-13H2,1-2H3,(H,18,21). The number of carbonyl (C=O) groups is 2. The first kappa shape index (κ1) is 20.3. The van der Waals surface area contributed by atoms with Crippen LogP contribution in [0.25, 0.3) is 0 Å². The van der Waals surface area contributed by atoms with E-state index in [2.05, 4.69) is 5.32 Å². The summed E-state index contributed by atoms with van der Waals surface area (Å²) in [4.78, 5) is 25.4. The Bertz CT molecular complexity index is 723. The van der Waals surface area contributed by atoms with Crippen LogP contribution in [-0.2, 0) is 30.9 Å². The predicted octanol–water partition coefficient (Wildman–Crippen LogP) is 0.192. The minimum atomic E-state index is -3.54. The molecular formula is C17H25N3O5S. The van der Waals surface area contributed by atoms with Crippen molar-refractivity contribution >= 4 is 21.8 Å². The molecule has 1 heterocycles. The molecule has 0 atom stereocenters. The van der Waals surface area contributed by atoms with Crippen molar-refractivity contribution in [2.75, 3.05) is 39.4 Å². The number of rotatable bonds is 6. The highest BCUT2D eigenvalue weighted by Crippen LogP contribution is 2.17. The van der Waals surface area contributed by atoms with Gasteiger partial charge in [0.05, 0.1) is 18.1 Å². The summed E-state index contributed by atoms with van der Waals surface area (Å²) in [5.74, 6) is -1.24. The van der Waals surface area contributed by atoms with Gasteiger partial charge in [0.1, 0.15) is 0 Å². The molecule has 0 spiro atoms. The van der Waals surface area contributed by atoms with Gasteiger partial charge >= 0.3 is 11.8 Å². The van der Waals surface area contributed by atoms with Crippen molar-refractivity contribution in [2.45, 2.75) is 25.3 Å². The van der Waals surface area contributed by atoms with E-state index < -0.39 is 21.8 Å². The predicted molar refractivity (Wildman–Crippen MR) is 95.8 cm³/mol. The normalized spacial score (nSPS) is 15.5. The van der Waals surface area contributed by atoms with Crippen molar-refractivity contribution in [2.24, 2.45) is 0 Å². The molecule has 8 nitrogen and oxygen atoms in total. The quantitative estimate of drug-likeness (QED) is 0.708. The first-order chi connectivity index (χ1) is 12.4. The number of benzene rings is 1. The molecule has 1 aromatic rings. The van der Waals surface area contributed by atoms with Gasteiger partial charge in [0, 0.05) is 32.7 Å². The number of hydrogen-bond donors (Lipinski definition) is 1. The molecular weight excluding hydrogens is 358 g/mol. The van der Waals surface area contributed by atoms with Crippen LogP contribution in [0, 0.1) is 0 Å². The lowest BCUT2D eigenvalue weighted by Gasteiger charge is -2.26. The number of amides is 2. The number of carbonyl (C=O) groups excluding carboxylic acids is 2. The minimum Gasteiger partial charge on any atom is -0.379 e. The highest BCUT2D eigenvalue weighted by atomic mass is 32.2. The van der Waals surface area contributed by atoms with Crippen molar-refractivity contribution in [3.05, 3.63) is 29.8 Å². The Morgan fingerprint density at radius 3 is 2.23 bits per heavy atom. The van der Waals surface area contributed by atoms with Crippen molar-refractivity contribution in [3.63, 3.8) is 0 Å². The van der Waals surface area contributed by atoms with Crippen LogP contribution in [0.4, 0.5) is 0 Å². The minimum absolute atomic E-state index is 0.156. The zero-order valence-electron chi connectivity index (χ0n) is 15.1. The van der Waals surface area contributed by atoms with Crippen LogP contribution in [0.1, 0.15) is 19.4 Å². The second kappa shape index (κ2) is 9.11. The molecule has 0 saturated carbocycles. The molecule has 9 heteroatoms. The summed E-state index contributed by atoms with van der Waals surface area (Å²) in [6, 6.07) is 6.29. The van der Waals surface area contributed by atoms with Crippen molar-refractivity contribution in [3.8, 4) is 0 Å². The fraction of sp³-hybridized carbons (Fsp3) is 0.529. The largest absolute Gasteiger partial charge is 0.379 e. The third-order valence-corrected chi connectivity index (χ3v) is 6.14. The Hall–Kier alpha value is -1.97. The summed E-state index contributed by atoms with van der Waals surface area (Å²) < 4.78 is 31.7. The van der Waals surface area contributed by atoms with Crippen LogP contribution in [0.5, 0.6) is 0 Å². The molecule has 1 aliphatic rings.